The van der Waals surface area contributed by atoms with E-state index in [4.69, 9.17) is 0 Å². The summed E-state index contributed by atoms with van der Waals surface area (Å²) in [5, 5.41) is 0.788. The minimum Gasteiger partial charge on any atom is -0.168 e. The normalized spacial score (nSPS) is 9.71. The average Bonchev–Trinajstić information content (AvgIpc) is 1.61. The van der Waals surface area contributed by atoms with Gasteiger partial charge in [0.1, 0.15) is 7.28 Å². The van der Waals surface area contributed by atoms with Gasteiger partial charge in [-0.05, 0) is 10.9 Å². The van der Waals surface area contributed by atoms with E-state index in [-0.39, 0.29) is 0 Å². The van der Waals surface area contributed by atoms with E-state index in [0.717, 1.165) is 5.25 Å². The molecule has 0 fully saturated rings. The van der Waals surface area contributed by atoms with Crippen LogP contribution in [-0.2, 0) is 0 Å². The molecule has 0 spiro atoms. The molecule has 0 unspecified atom stereocenters. The maximum Gasteiger partial charge on any atom is 0.119 e. The van der Waals surface area contributed by atoms with Crippen molar-refractivity contribution in [3.63, 3.8) is 0 Å². The molecule has 0 bridgehead atoms. The van der Waals surface area contributed by atoms with Crippen LogP contribution in [0, 0.1) is 0 Å². The third kappa shape index (κ3) is 6.41. The molecule has 0 aliphatic heterocycles. The zero-order chi connectivity index (χ0) is 5.70. The summed E-state index contributed by atoms with van der Waals surface area (Å²) in [4.78, 5) is 0. The van der Waals surface area contributed by atoms with Gasteiger partial charge in [-0.25, -0.2) is 0 Å². The summed E-state index contributed by atoms with van der Waals surface area (Å²) in [7, 11) is 2.19. The third-order valence-electron chi connectivity index (χ3n) is 0.596. The van der Waals surface area contributed by atoms with Gasteiger partial charge in [-0.1, -0.05) is 20.7 Å². The van der Waals surface area contributed by atoms with Gasteiger partial charge in [0.2, 0.25) is 0 Å². The van der Waals surface area contributed by atoms with E-state index < -0.39 is 0 Å². The smallest absolute Gasteiger partial charge is 0.119 e. The van der Waals surface area contributed by atoms with Crippen LogP contribution < -0.4 is 0 Å². The lowest BCUT2D eigenvalue weighted by molar-refractivity contribution is 1.12. The molecule has 0 amide bonds. The van der Waals surface area contributed by atoms with Gasteiger partial charge in [-0.15, -0.1) is 0 Å². The quantitative estimate of drug-likeness (QED) is 0.505. The SMILES string of the molecule is C[B]CSC(C)C. The summed E-state index contributed by atoms with van der Waals surface area (Å²) >= 11 is 1.98. The second-order valence-electron chi connectivity index (χ2n) is 1.79. The molecule has 0 nitrogen and oxygen atoms in total. The number of hydrogen-bond acceptors (Lipinski definition) is 1. The monoisotopic (exact) mass is 115 g/mol. The van der Waals surface area contributed by atoms with Crippen LogP contribution >= 0.6 is 11.8 Å². The van der Waals surface area contributed by atoms with Gasteiger partial charge in [-0.3, -0.25) is 0 Å². The summed E-state index contributed by atoms with van der Waals surface area (Å²) in [5.74, 6) is 0. The zero-order valence-electron chi connectivity index (χ0n) is 5.27. The van der Waals surface area contributed by atoms with Crippen molar-refractivity contribution in [1.29, 1.82) is 0 Å². The van der Waals surface area contributed by atoms with E-state index in [2.05, 4.69) is 28.0 Å². The molecule has 0 heterocycles. The van der Waals surface area contributed by atoms with E-state index in [1.165, 1.54) is 5.65 Å². The van der Waals surface area contributed by atoms with Crippen molar-refractivity contribution >= 4 is 19.0 Å². The highest BCUT2D eigenvalue weighted by Crippen LogP contribution is 2.06. The summed E-state index contributed by atoms with van der Waals surface area (Å²) in [6.07, 6.45) is 0. The number of hydrogen-bond donors (Lipinski definition) is 0. The van der Waals surface area contributed by atoms with Gasteiger partial charge in [0.25, 0.3) is 0 Å². The Morgan fingerprint density at radius 3 is 2.29 bits per heavy atom. The first-order valence-electron chi connectivity index (χ1n) is 2.66. The predicted octanol–water partition coefficient (Wildman–Crippen LogP) is 1.84. The van der Waals surface area contributed by atoms with Crippen molar-refractivity contribution in [3.05, 3.63) is 0 Å². The van der Waals surface area contributed by atoms with Crippen LogP contribution in [0.25, 0.3) is 0 Å². The lowest BCUT2D eigenvalue weighted by atomic mass is 9.87. The van der Waals surface area contributed by atoms with Crippen molar-refractivity contribution in [2.75, 3.05) is 5.65 Å². The zero-order valence-corrected chi connectivity index (χ0v) is 6.09. The standard InChI is InChI=1S/C5H12BS/c1-5(2)7-4-6-3/h5H,4H2,1-3H3. The summed E-state index contributed by atoms with van der Waals surface area (Å²) in [6.45, 7) is 6.53. The van der Waals surface area contributed by atoms with Crippen LogP contribution in [0.4, 0.5) is 0 Å². The van der Waals surface area contributed by atoms with Gasteiger partial charge < -0.3 is 0 Å². The topological polar surface area (TPSA) is 0 Å². The maximum absolute atomic E-state index is 2.22. The largest absolute Gasteiger partial charge is 0.168 e. The molecule has 0 saturated heterocycles. The van der Waals surface area contributed by atoms with Crippen LogP contribution in [0.5, 0.6) is 0 Å². The molecule has 0 aromatic heterocycles. The highest BCUT2D eigenvalue weighted by atomic mass is 32.2. The minimum absolute atomic E-state index is 0.788. The van der Waals surface area contributed by atoms with Crippen LogP contribution in [-0.4, -0.2) is 18.2 Å². The first-order chi connectivity index (χ1) is 3.27. The number of rotatable bonds is 3. The molecule has 0 N–H and O–H groups in total. The van der Waals surface area contributed by atoms with Crippen molar-refractivity contribution in [2.24, 2.45) is 0 Å². The van der Waals surface area contributed by atoms with Gasteiger partial charge >= 0.3 is 0 Å². The molecular weight excluding hydrogens is 103 g/mol. The fourth-order valence-electron chi connectivity index (χ4n) is 0.289. The third-order valence-corrected chi connectivity index (χ3v) is 1.79. The molecule has 0 aromatic rings. The Morgan fingerprint density at radius 1 is 1.57 bits per heavy atom. The molecule has 0 aliphatic carbocycles. The van der Waals surface area contributed by atoms with Crippen LogP contribution in [0.1, 0.15) is 13.8 Å². The highest BCUT2D eigenvalue weighted by molar-refractivity contribution is 8.00. The maximum atomic E-state index is 2.22. The molecule has 0 aromatic carbocycles. The molecule has 2 heteroatoms. The Labute approximate surface area is 51.3 Å². The average molecular weight is 115 g/mol. The fourth-order valence-corrected chi connectivity index (χ4v) is 0.866. The molecular formula is C5H12BS. The molecule has 0 atom stereocenters. The Morgan fingerprint density at radius 2 is 2.14 bits per heavy atom. The Kier molecular flexibility index (Phi) is 4.84. The van der Waals surface area contributed by atoms with Crippen molar-refractivity contribution in [3.8, 4) is 0 Å². The van der Waals surface area contributed by atoms with Gasteiger partial charge in [0.05, 0.1) is 0 Å². The summed E-state index contributed by atoms with van der Waals surface area (Å²) < 4.78 is 0. The molecule has 1 radical (unpaired) electrons. The van der Waals surface area contributed by atoms with Crippen molar-refractivity contribution in [2.45, 2.75) is 25.9 Å². The lowest BCUT2D eigenvalue weighted by Crippen LogP contribution is -1.93. The van der Waals surface area contributed by atoms with Crippen LogP contribution in [0.15, 0.2) is 0 Å². The van der Waals surface area contributed by atoms with E-state index in [0.29, 0.717) is 0 Å². The van der Waals surface area contributed by atoms with E-state index in [1.54, 1.807) is 0 Å². The van der Waals surface area contributed by atoms with Gasteiger partial charge in [0, 0.05) is 0 Å². The highest BCUT2D eigenvalue weighted by Gasteiger charge is 1.89. The predicted molar refractivity (Wildman–Crippen MR) is 39.2 cm³/mol. The fraction of sp³-hybridized carbons (Fsp3) is 1.00. The van der Waals surface area contributed by atoms with Crippen LogP contribution in [0.3, 0.4) is 0 Å². The first kappa shape index (κ1) is 7.41. The van der Waals surface area contributed by atoms with E-state index in [9.17, 15) is 0 Å². The summed E-state index contributed by atoms with van der Waals surface area (Å²) in [6, 6.07) is 0. The Balaban J connectivity index is 2.68. The second-order valence-corrected chi connectivity index (χ2v) is 3.40. The Bertz CT molecular complexity index is 37.1. The van der Waals surface area contributed by atoms with Crippen LogP contribution in [0.2, 0.25) is 6.82 Å². The number of thioether (sulfide) groups is 1. The minimum atomic E-state index is 0.788. The first-order valence-corrected chi connectivity index (χ1v) is 3.71. The second kappa shape index (κ2) is 4.57. The van der Waals surface area contributed by atoms with E-state index in [1.807, 2.05) is 11.8 Å². The van der Waals surface area contributed by atoms with Crippen molar-refractivity contribution in [1.82, 2.24) is 0 Å². The van der Waals surface area contributed by atoms with Gasteiger partial charge in [0.15, 0.2) is 0 Å². The molecule has 41 valence electrons. The molecule has 0 aliphatic rings. The molecule has 0 saturated carbocycles. The molecule has 0 rings (SSSR count). The molecule has 7 heavy (non-hydrogen) atoms. The van der Waals surface area contributed by atoms with Crippen molar-refractivity contribution < 1.29 is 0 Å². The summed E-state index contributed by atoms with van der Waals surface area (Å²) in [5.41, 5.74) is 1.19. The Hall–Kier alpha value is 0.415. The lowest BCUT2D eigenvalue weighted by Gasteiger charge is -1.98. The van der Waals surface area contributed by atoms with Gasteiger partial charge in [-0.2, -0.15) is 11.8 Å². The van der Waals surface area contributed by atoms with E-state index >= 15 is 0 Å².